The second kappa shape index (κ2) is 5.03. The second-order valence-electron chi connectivity index (χ2n) is 3.59. The number of allylic oxidation sites excluding steroid dienone is 5. The van der Waals surface area contributed by atoms with Crippen molar-refractivity contribution in [2.75, 3.05) is 11.5 Å². The Balaban J connectivity index is 2.48. The van der Waals surface area contributed by atoms with Crippen LogP contribution >= 0.6 is 11.8 Å². The van der Waals surface area contributed by atoms with Gasteiger partial charge in [0.2, 0.25) is 0 Å². The van der Waals surface area contributed by atoms with E-state index in [1.165, 1.54) is 11.8 Å². The molecule has 0 bridgehead atoms. The summed E-state index contributed by atoms with van der Waals surface area (Å²) in [7, 11) is -4.00. The lowest BCUT2D eigenvalue weighted by Crippen LogP contribution is -2.10. The number of rotatable bonds is 2. The van der Waals surface area contributed by atoms with Gasteiger partial charge in [-0.15, -0.1) is 11.8 Å². The fraction of sp³-hybridized carbons (Fsp3) is 0.182. The predicted octanol–water partition coefficient (Wildman–Crippen LogP) is 1.96. The van der Waals surface area contributed by atoms with E-state index in [0.717, 1.165) is 11.1 Å². The smallest absolute Gasteiger partial charge is 0.268 e. The van der Waals surface area contributed by atoms with Gasteiger partial charge in [-0.3, -0.25) is 9.55 Å². The van der Waals surface area contributed by atoms with E-state index in [9.17, 15) is 8.42 Å². The van der Waals surface area contributed by atoms with E-state index in [4.69, 9.17) is 4.55 Å². The quantitative estimate of drug-likeness (QED) is 0.778. The van der Waals surface area contributed by atoms with Crippen LogP contribution in [-0.4, -0.2) is 30.7 Å². The third-order valence-electron chi connectivity index (χ3n) is 2.32. The lowest BCUT2D eigenvalue weighted by Gasteiger charge is -2.08. The molecule has 2 aliphatic rings. The Labute approximate surface area is 104 Å². The summed E-state index contributed by atoms with van der Waals surface area (Å²) in [5.41, 5.74) is 2.42. The Morgan fingerprint density at radius 2 is 2.24 bits per heavy atom. The van der Waals surface area contributed by atoms with Gasteiger partial charge in [0.15, 0.2) is 0 Å². The summed E-state index contributed by atoms with van der Waals surface area (Å²) in [6, 6.07) is 0. The van der Waals surface area contributed by atoms with Gasteiger partial charge in [0.1, 0.15) is 0 Å². The van der Waals surface area contributed by atoms with Crippen LogP contribution in [0.15, 0.2) is 51.5 Å². The van der Waals surface area contributed by atoms with Gasteiger partial charge in [-0.1, -0.05) is 0 Å². The average Bonchev–Trinajstić information content (AvgIpc) is 2.53. The molecule has 0 radical (unpaired) electrons. The van der Waals surface area contributed by atoms with Crippen molar-refractivity contribution in [1.82, 2.24) is 0 Å². The van der Waals surface area contributed by atoms with Gasteiger partial charge in [-0.05, 0) is 40.4 Å². The Kier molecular flexibility index (Phi) is 3.66. The minimum atomic E-state index is -4.00. The molecule has 2 aliphatic heterocycles. The molecule has 0 aliphatic carbocycles. The summed E-state index contributed by atoms with van der Waals surface area (Å²) in [5, 5.41) is 1.91. The molecule has 90 valence electrons. The minimum Gasteiger partial charge on any atom is -0.285 e. The lowest BCUT2D eigenvalue weighted by molar-refractivity contribution is 0.486. The van der Waals surface area contributed by atoms with E-state index in [-0.39, 0.29) is 5.75 Å². The summed E-state index contributed by atoms with van der Waals surface area (Å²) < 4.78 is 30.9. The molecule has 0 saturated carbocycles. The minimum absolute atomic E-state index is 0.335. The third-order valence-corrected chi connectivity index (χ3v) is 3.87. The van der Waals surface area contributed by atoms with Gasteiger partial charge in [-0.25, -0.2) is 0 Å². The SMILES string of the molecule is O=S(=O)(O)CC1=C2C=CN=CC=C2C=CSC1. The second-order valence-corrected chi connectivity index (χ2v) is 5.94. The van der Waals surface area contributed by atoms with Crippen LogP contribution in [-0.2, 0) is 10.1 Å². The first-order chi connectivity index (χ1) is 8.06. The van der Waals surface area contributed by atoms with E-state index in [0.29, 0.717) is 11.3 Å². The van der Waals surface area contributed by atoms with Gasteiger partial charge in [0.05, 0.1) is 5.75 Å². The molecular weight excluding hydrogens is 258 g/mol. The topological polar surface area (TPSA) is 66.7 Å². The molecule has 2 heterocycles. The Bertz CT molecular complexity index is 566. The van der Waals surface area contributed by atoms with Crippen molar-refractivity contribution in [2.45, 2.75) is 0 Å². The van der Waals surface area contributed by atoms with Crippen molar-refractivity contribution in [1.29, 1.82) is 0 Å². The van der Waals surface area contributed by atoms with E-state index in [2.05, 4.69) is 4.99 Å². The summed E-state index contributed by atoms with van der Waals surface area (Å²) >= 11 is 1.50. The van der Waals surface area contributed by atoms with Crippen molar-refractivity contribution in [2.24, 2.45) is 4.99 Å². The van der Waals surface area contributed by atoms with E-state index < -0.39 is 10.1 Å². The van der Waals surface area contributed by atoms with Crippen molar-refractivity contribution in [3.63, 3.8) is 0 Å². The van der Waals surface area contributed by atoms with E-state index in [1.807, 2.05) is 17.6 Å². The van der Waals surface area contributed by atoms with Crippen LogP contribution in [0.2, 0.25) is 0 Å². The molecule has 4 nitrogen and oxygen atoms in total. The molecule has 0 saturated heterocycles. The Morgan fingerprint density at radius 1 is 1.41 bits per heavy atom. The summed E-state index contributed by atoms with van der Waals surface area (Å²) in [5.74, 6) is 0.214. The van der Waals surface area contributed by atoms with Gasteiger partial charge in [0, 0.05) is 18.2 Å². The highest BCUT2D eigenvalue weighted by Crippen LogP contribution is 2.27. The molecular formula is C11H11NO3S2. The van der Waals surface area contributed by atoms with Crippen molar-refractivity contribution < 1.29 is 13.0 Å². The molecule has 6 heteroatoms. The fourth-order valence-corrected chi connectivity index (χ4v) is 3.26. The molecule has 1 N–H and O–H groups in total. The largest absolute Gasteiger partial charge is 0.285 e. The summed E-state index contributed by atoms with van der Waals surface area (Å²) in [6.07, 6.45) is 8.78. The first-order valence-corrected chi connectivity index (χ1v) is 7.58. The number of hydrogen-bond donors (Lipinski definition) is 1. The summed E-state index contributed by atoms with van der Waals surface area (Å²) in [6.45, 7) is 0. The maximum Gasteiger partial charge on any atom is 0.268 e. The Hall–Kier alpha value is -1.11. The molecule has 0 aromatic rings. The van der Waals surface area contributed by atoms with Gasteiger partial charge in [-0.2, -0.15) is 8.42 Å². The third kappa shape index (κ3) is 3.42. The van der Waals surface area contributed by atoms with E-state index >= 15 is 0 Å². The highest BCUT2D eigenvalue weighted by Gasteiger charge is 2.16. The molecule has 0 aromatic carbocycles. The molecule has 17 heavy (non-hydrogen) atoms. The Morgan fingerprint density at radius 3 is 3.00 bits per heavy atom. The summed E-state index contributed by atoms with van der Waals surface area (Å²) in [4.78, 5) is 3.99. The number of hydrogen-bond acceptors (Lipinski definition) is 4. The van der Waals surface area contributed by atoms with Gasteiger partial charge < -0.3 is 0 Å². The number of fused-ring (bicyclic) bond motifs is 1. The molecule has 2 rings (SSSR count). The molecule has 0 fully saturated rings. The first kappa shape index (κ1) is 12.3. The number of nitrogens with zero attached hydrogens (tertiary/aromatic N) is 1. The fourth-order valence-electron chi connectivity index (χ4n) is 1.63. The molecule has 0 spiro atoms. The number of thioether (sulfide) groups is 1. The standard InChI is InChI=1S/C11H11NO3S2/c13-17(14,15)8-10-7-16-6-3-9-1-4-12-5-2-11(9)10/h1-6H,7-8H2,(H,13,14,15). The van der Waals surface area contributed by atoms with Crippen LogP contribution in [0.4, 0.5) is 0 Å². The normalized spacial score (nSPS) is 19.7. The predicted molar refractivity (Wildman–Crippen MR) is 70.8 cm³/mol. The van der Waals surface area contributed by atoms with Crippen LogP contribution in [0.3, 0.4) is 0 Å². The monoisotopic (exact) mass is 269 g/mol. The van der Waals surface area contributed by atoms with Crippen molar-refractivity contribution in [3.8, 4) is 0 Å². The number of aliphatic imine (C=N–C) groups is 1. The molecule has 0 amide bonds. The van der Waals surface area contributed by atoms with Crippen LogP contribution in [0.5, 0.6) is 0 Å². The molecule has 0 unspecified atom stereocenters. The zero-order valence-corrected chi connectivity index (χ0v) is 10.5. The lowest BCUT2D eigenvalue weighted by atomic mass is 10.0. The molecule has 0 aromatic heterocycles. The zero-order valence-electron chi connectivity index (χ0n) is 8.91. The van der Waals surface area contributed by atoms with Gasteiger partial charge in [0.25, 0.3) is 10.1 Å². The average molecular weight is 269 g/mol. The van der Waals surface area contributed by atoms with Crippen molar-refractivity contribution >= 4 is 28.1 Å². The molecule has 0 atom stereocenters. The van der Waals surface area contributed by atoms with Crippen LogP contribution in [0.25, 0.3) is 0 Å². The van der Waals surface area contributed by atoms with Crippen LogP contribution < -0.4 is 0 Å². The maximum atomic E-state index is 11.0. The van der Waals surface area contributed by atoms with Crippen LogP contribution in [0.1, 0.15) is 0 Å². The van der Waals surface area contributed by atoms with E-state index in [1.54, 1.807) is 18.5 Å². The van der Waals surface area contributed by atoms with Crippen molar-refractivity contribution in [3.05, 3.63) is 46.6 Å². The zero-order chi connectivity index (χ0) is 12.3. The first-order valence-electron chi connectivity index (χ1n) is 4.92. The van der Waals surface area contributed by atoms with Gasteiger partial charge >= 0.3 is 0 Å². The highest BCUT2D eigenvalue weighted by atomic mass is 32.2. The maximum absolute atomic E-state index is 11.0. The highest BCUT2D eigenvalue weighted by molar-refractivity contribution is 8.02. The van der Waals surface area contributed by atoms with Crippen LogP contribution in [0, 0.1) is 0 Å².